The maximum atomic E-state index is 9.85. The maximum absolute atomic E-state index is 9.85. The Morgan fingerprint density at radius 1 is 1.41 bits per heavy atom. The predicted octanol–water partition coefficient (Wildman–Crippen LogP) is 3.99. The van der Waals surface area contributed by atoms with Crippen LogP contribution >= 0.6 is 11.6 Å². The van der Waals surface area contributed by atoms with Gasteiger partial charge in [-0.05, 0) is 42.4 Å². The van der Waals surface area contributed by atoms with Gasteiger partial charge in [0.1, 0.15) is 0 Å². The summed E-state index contributed by atoms with van der Waals surface area (Å²) >= 11 is 5.98. The SMILES string of the molecule is CC1(C)CC(Cc2cccc(Cl)c2)=CC(O)C1. The Morgan fingerprint density at radius 2 is 2.18 bits per heavy atom. The molecule has 1 atom stereocenters. The van der Waals surface area contributed by atoms with Crippen LogP contribution in [0.2, 0.25) is 5.02 Å². The highest BCUT2D eigenvalue weighted by atomic mass is 35.5. The zero-order valence-electron chi connectivity index (χ0n) is 10.4. The van der Waals surface area contributed by atoms with E-state index in [1.54, 1.807) is 0 Å². The minimum absolute atomic E-state index is 0.197. The lowest BCUT2D eigenvalue weighted by Gasteiger charge is -2.32. The minimum atomic E-state index is -0.298. The average molecular weight is 251 g/mol. The van der Waals surface area contributed by atoms with Gasteiger partial charge in [-0.2, -0.15) is 0 Å². The topological polar surface area (TPSA) is 20.2 Å². The summed E-state index contributed by atoms with van der Waals surface area (Å²) in [4.78, 5) is 0. The van der Waals surface area contributed by atoms with Crippen molar-refractivity contribution in [3.05, 3.63) is 46.5 Å². The van der Waals surface area contributed by atoms with Gasteiger partial charge in [-0.1, -0.05) is 49.2 Å². The van der Waals surface area contributed by atoms with Gasteiger partial charge < -0.3 is 5.11 Å². The summed E-state index contributed by atoms with van der Waals surface area (Å²) in [5, 5.41) is 10.6. The van der Waals surface area contributed by atoms with Crippen LogP contribution in [-0.4, -0.2) is 11.2 Å². The van der Waals surface area contributed by atoms with Crippen molar-refractivity contribution >= 4 is 11.6 Å². The molecule has 0 saturated carbocycles. The Morgan fingerprint density at radius 3 is 2.82 bits per heavy atom. The van der Waals surface area contributed by atoms with E-state index in [1.807, 2.05) is 24.3 Å². The van der Waals surface area contributed by atoms with Gasteiger partial charge in [0.25, 0.3) is 0 Å². The molecular formula is C15H19ClO. The van der Waals surface area contributed by atoms with E-state index in [1.165, 1.54) is 11.1 Å². The van der Waals surface area contributed by atoms with Gasteiger partial charge in [-0.25, -0.2) is 0 Å². The monoisotopic (exact) mass is 250 g/mol. The second-order valence-corrected chi connectivity index (χ2v) is 6.18. The van der Waals surface area contributed by atoms with Crippen LogP contribution in [0.5, 0.6) is 0 Å². The highest BCUT2D eigenvalue weighted by Crippen LogP contribution is 2.36. The molecule has 0 saturated heterocycles. The van der Waals surface area contributed by atoms with Crippen LogP contribution in [0.15, 0.2) is 35.9 Å². The van der Waals surface area contributed by atoms with E-state index in [0.717, 1.165) is 24.3 Å². The summed E-state index contributed by atoms with van der Waals surface area (Å²) in [6.45, 7) is 4.42. The highest BCUT2D eigenvalue weighted by Gasteiger charge is 2.27. The van der Waals surface area contributed by atoms with Crippen molar-refractivity contribution in [2.45, 2.75) is 39.2 Å². The molecule has 1 aliphatic carbocycles. The largest absolute Gasteiger partial charge is 0.389 e. The molecule has 92 valence electrons. The maximum Gasteiger partial charge on any atom is 0.0728 e. The molecule has 0 amide bonds. The quantitative estimate of drug-likeness (QED) is 0.787. The molecule has 0 spiro atoms. The fourth-order valence-corrected chi connectivity index (χ4v) is 2.89. The molecule has 2 rings (SSSR count). The molecule has 0 bridgehead atoms. The fourth-order valence-electron chi connectivity index (χ4n) is 2.67. The minimum Gasteiger partial charge on any atom is -0.389 e. The number of allylic oxidation sites excluding steroid dienone is 1. The van der Waals surface area contributed by atoms with Gasteiger partial charge in [0.2, 0.25) is 0 Å². The second kappa shape index (κ2) is 4.83. The van der Waals surface area contributed by atoms with E-state index in [4.69, 9.17) is 11.6 Å². The number of hydrogen-bond acceptors (Lipinski definition) is 1. The highest BCUT2D eigenvalue weighted by molar-refractivity contribution is 6.30. The Balaban J connectivity index is 2.14. The number of hydrogen-bond donors (Lipinski definition) is 1. The Hall–Kier alpha value is -0.790. The van der Waals surface area contributed by atoms with Gasteiger partial charge in [-0.3, -0.25) is 0 Å². The smallest absolute Gasteiger partial charge is 0.0728 e. The van der Waals surface area contributed by atoms with Gasteiger partial charge in [0, 0.05) is 5.02 Å². The van der Waals surface area contributed by atoms with Crippen molar-refractivity contribution in [2.24, 2.45) is 5.41 Å². The van der Waals surface area contributed by atoms with Crippen LogP contribution < -0.4 is 0 Å². The Kier molecular flexibility index (Phi) is 3.60. The third-order valence-electron chi connectivity index (χ3n) is 3.22. The van der Waals surface area contributed by atoms with Gasteiger partial charge in [-0.15, -0.1) is 0 Å². The Labute approximate surface area is 108 Å². The van der Waals surface area contributed by atoms with E-state index < -0.39 is 0 Å². The van der Waals surface area contributed by atoms with Crippen molar-refractivity contribution in [2.75, 3.05) is 0 Å². The predicted molar refractivity (Wildman–Crippen MR) is 72.3 cm³/mol. The fraction of sp³-hybridized carbons (Fsp3) is 0.467. The van der Waals surface area contributed by atoms with Crippen molar-refractivity contribution < 1.29 is 5.11 Å². The lowest BCUT2D eigenvalue weighted by Crippen LogP contribution is -2.25. The summed E-state index contributed by atoms with van der Waals surface area (Å²) in [6, 6.07) is 7.94. The number of benzene rings is 1. The van der Waals surface area contributed by atoms with Crippen molar-refractivity contribution in [1.29, 1.82) is 0 Å². The van der Waals surface area contributed by atoms with Gasteiger partial charge in [0.05, 0.1) is 6.10 Å². The number of aliphatic hydroxyl groups is 1. The molecule has 1 nitrogen and oxygen atoms in total. The van der Waals surface area contributed by atoms with Crippen LogP contribution in [0.4, 0.5) is 0 Å². The summed E-state index contributed by atoms with van der Waals surface area (Å²) in [7, 11) is 0. The summed E-state index contributed by atoms with van der Waals surface area (Å²) in [5.41, 5.74) is 2.73. The van der Waals surface area contributed by atoms with Crippen LogP contribution in [0, 0.1) is 5.41 Å². The van der Waals surface area contributed by atoms with Crippen LogP contribution in [-0.2, 0) is 6.42 Å². The molecule has 1 aromatic rings. The summed E-state index contributed by atoms with van der Waals surface area (Å²) < 4.78 is 0. The molecule has 0 aliphatic heterocycles. The summed E-state index contributed by atoms with van der Waals surface area (Å²) in [5.74, 6) is 0. The molecule has 17 heavy (non-hydrogen) atoms. The van der Waals surface area contributed by atoms with E-state index in [-0.39, 0.29) is 11.5 Å². The lowest BCUT2D eigenvalue weighted by atomic mass is 9.75. The first-order valence-electron chi connectivity index (χ1n) is 6.07. The third kappa shape index (κ3) is 3.58. The normalized spacial score (nSPS) is 23.3. The molecule has 0 aromatic heterocycles. The molecular weight excluding hydrogens is 232 g/mol. The zero-order valence-corrected chi connectivity index (χ0v) is 11.2. The Bertz CT molecular complexity index is 434. The average Bonchev–Trinajstić information content (AvgIpc) is 2.13. The van der Waals surface area contributed by atoms with E-state index in [9.17, 15) is 5.11 Å². The van der Waals surface area contributed by atoms with Crippen LogP contribution in [0.1, 0.15) is 32.3 Å². The first-order valence-corrected chi connectivity index (χ1v) is 6.44. The van der Waals surface area contributed by atoms with E-state index in [2.05, 4.69) is 19.9 Å². The van der Waals surface area contributed by atoms with Crippen LogP contribution in [0.25, 0.3) is 0 Å². The number of aliphatic hydroxyl groups excluding tert-OH is 1. The molecule has 1 N–H and O–H groups in total. The van der Waals surface area contributed by atoms with Crippen molar-refractivity contribution in [3.63, 3.8) is 0 Å². The first kappa shape index (κ1) is 12.7. The van der Waals surface area contributed by atoms with Gasteiger partial charge >= 0.3 is 0 Å². The molecule has 1 unspecified atom stereocenters. The molecule has 0 fully saturated rings. The molecule has 0 heterocycles. The third-order valence-corrected chi connectivity index (χ3v) is 3.45. The van der Waals surface area contributed by atoms with Crippen molar-refractivity contribution in [3.8, 4) is 0 Å². The second-order valence-electron chi connectivity index (χ2n) is 5.74. The van der Waals surface area contributed by atoms with Crippen LogP contribution in [0.3, 0.4) is 0 Å². The zero-order chi connectivity index (χ0) is 12.5. The summed E-state index contributed by atoms with van der Waals surface area (Å²) in [6.07, 6.45) is 4.50. The number of halogens is 1. The van der Waals surface area contributed by atoms with E-state index in [0.29, 0.717) is 0 Å². The lowest BCUT2D eigenvalue weighted by molar-refractivity contribution is 0.138. The standard InChI is InChI=1S/C15H19ClO/c1-15(2)9-12(8-14(17)10-15)6-11-4-3-5-13(16)7-11/h3-5,7-8,14,17H,6,9-10H2,1-2H3. The van der Waals surface area contributed by atoms with Crippen molar-refractivity contribution in [1.82, 2.24) is 0 Å². The molecule has 1 aliphatic rings. The molecule has 1 aromatic carbocycles. The first-order chi connectivity index (χ1) is 7.94. The molecule has 0 radical (unpaired) electrons. The van der Waals surface area contributed by atoms with E-state index >= 15 is 0 Å². The van der Waals surface area contributed by atoms with Gasteiger partial charge in [0.15, 0.2) is 0 Å². The molecule has 2 heteroatoms. The number of rotatable bonds is 2.